The molecule has 25 heavy (non-hydrogen) atoms. The molecule has 0 unspecified atom stereocenters. The quantitative estimate of drug-likeness (QED) is 0.426. The predicted molar refractivity (Wildman–Crippen MR) is 85.3 cm³/mol. The van der Waals surface area contributed by atoms with Gasteiger partial charge in [0.2, 0.25) is 11.9 Å². The normalized spacial score (nSPS) is 11.5. The van der Waals surface area contributed by atoms with E-state index in [0.29, 0.717) is 0 Å². The molecule has 0 saturated carbocycles. The Kier molecular flexibility index (Phi) is 3.95. The van der Waals surface area contributed by atoms with E-state index in [1.165, 1.54) is 24.3 Å². The van der Waals surface area contributed by atoms with Gasteiger partial charge in [0.25, 0.3) is 0 Å². The Morgan fingerprint density at radius 2 is 1.84 bits per heavy atom. The molecule has 3 aromatic rings. The second-order valence-corrected chi connectivity index (χ2v) is 5.17. The van der Waals surface area contributed by atoms with Crippen molar-refractivity contribution in [2.75, 3.05) is 16.8 Å². The molecule has 0 aliphatic carbocycles. The van der Waals surface area contributed by atoms with Crippen LogP contribution in [0.3, 0.4) is 0 Å². The number of H-pyrrole nitrogens is 1. The average molecular weight is 352 g/mol. The largest absolute Gasteiger partial charge is 0.417 e. The zero-order valence-corrected chi connectivity index (χ0v) is 12.5. The van der Waals surface area contributed by atoms with Gasteiger partial charge in [-0.05, 0) is 29.8 Å². The number of hydrogen-bond donors (Lipinski definition) is 4. The number of nitrogens with two attached hydrogens (primary N) is 2. The SMILES string of the molecule is Nc1cccc(-c2c(F)cc(Nc3nc(N)n[nH]3)cc2C(F)(F)F)c1. The fourth-order valence-corrected chi connectivity index (χ4v) is 2.36. The van der Waals surface area contributed by atoms with Gasteiger partial charge in [-0.3, -0.25) is 0 Å². The topological polar surface area (TPSA) is 106 Å². The number of anilines is 4. The van der Waals surface area contributed by atoms with Crippen molar-refractivity contribution in [3.05, 3.63) is 47.8 Å². The Morgan fingerprint density at radius 3 is 2.44 bits per heavy atom. The summed E-state index contributed by atoms with van der Waals surface area (Å²) in [6.45, 7) is 0. The van der Waals surface area contributed by atoms with E-state index in [1.54, 1.807) is 0 Å². The number of alkyl halides is 3. The molecule has 2 aromatic carbocycles. The first-order chi connectivity index (χ1) is 11.7. The van der Waals surface area contributed by atoms with Crippen LogP contribution in [0.2, 0.25) is 0 Å². The average Bonchev–Trinajstić information content (AvgIpc) is 2.91. The summed E-state index contributed by atoms with van der Waals surface area (Å²) >= 11 is 0. The summed E-state index contributed by atoms with van der Waals surface area (Å²) in [7, 11) is 0. The molecule has 10 heteroatoms. The molecular weight excluding hydrogens is 340 g/mol. The van der Waals surface area contributed by atoms with Crippen molar-refractivity contribution in [2.24, 2.45) is 0 Å². The minimum atomic E-state index is -4.78. The van der Waals surface area contributed by atoms with E-state index >= 15 is 0 Å². The lowest BCUT2D eigenvalue weighted by atomic mass is 9.97. The van der Waals surface area contributed by atoms with E-state index in [-0.39, 0.29) is 28.8 Å². The smallest absolute Gasteiger partial charge is 0.399 e. The lowest BCUT2D eigenvalue weighted by molar-refractivity contribution is -0.137. The highest BCUT2D eigenvalue weighted by molar-refractivity contribution is 5.74. The lowest BCUT2D eigenvalue weighted by Crippen LogP contribution is -2.10. The van der Waals surface area contributed by atoms with Crippen molar-refractivity contribution in [1.29, 1.82) is 0 Å². The highest BCUT2D eigenvalue weighted by atomic mass is 19.4. The van der Waals surface area contributed by atoms with Gasteiger partial charge in [-0.2, -0.15) is 18.2 Å². The molecule has 0 spiro atoms. The minimum absolute atomic E-state index is 0.0123. The van der Waals surface area contributed by atoms with Crippen molar-refractivity contribution in [3.63, 3.8) is 0 Å². The van der Waals surface area contributed by atoms with Crippen LogP contribution in [-0.2, 0) is 6.18 Å². The standard InChI is InChI=1S/C15H12F4N6/c16-11-6-9(22-14-23-13(21)24-25-14)5-10(15(17,18)19)12(11)7-2-1-3-8(20)4-7/h1-6H,20H2,(H4,21,22,23,24,25). The minimum Gasteiger partial charge on any atom is -0.399 e. The van der Waals surface area contributed by atoms with Crippen LogP contribution < -0.4 is 16.8 Å². The van der Waals surface area contributed by atoms with Crippen molar-refractivity contribution in [3.8, 4) is 11.1 Å². The predicted octanol–water partition coefficient (Wildman–Crippen LogP) is 3.54. The van der Waals surface area contributed by atoms with Gasteiger partial charge in [0.05, 0.1) is 5.56 Å². The second kappa shape index (κ2) is 5.96. The highest BCUT2D eigenvalue weighted by Gasteiger charge is 2.36. The van der Waals surface area contributed by atoms with E-state index < -0.39 is 23.1 Å². The van der Waals surface area contributed by atoms with E-state index in [0.717, 1.165) is 12.1 Å². The summed E-state index contributed by atoms with van der Waals surface area (Å²) in [5, 5.41) is 8.39. The number of nitrogen functional groups attached to an aromatic ring is 2. The summed E-state index contributed by atoms with van der Waals surface area (Å²) < 4.78 is 54.9. The number of halogens is 4. The number of aromatic amines is 1. The Morgan fingerprint density at radius 1 is 1.08 bits per heavy atom. The molecule has 6 N–H and O–H groups in total. The van der Waals surface area contributed by atoms with Gasteiger partial charge in [-0.1, -0.05) is 12.1 Å². The van der Waals surface area contributed by atoms with E-state index in [9.17, 15) is 17.6 Å². The van der Waals surface area contributed by atoms with Crippen LogP contribution in [0.1, 0.15) is 5.56 Å². The van der Waals surface area contributed by atoms with E-state index in [4.69, 9.17) is 11.5 Å². The highest BCUT2D eigenvalue weighted by Crippen LogP contribution is 2.41. The number of aromatic nitrogens is 3. The fraction of sp³-hybridized carbons (Fsp3) is 0.0667. The van der Waals surface area contributed by atoms with Gasteiger partial charge >= 0.3 is 6.18 Å². The van der Waals surface area contributed by atoms with Crippen LogP contribution in [0.15, 0.2) is 36.4 Å². The molecule has 6 nitrogen and oxygen atoms in total. The maximum absolute atomic E-state index is 14.5. The Hall–Kier alpha value is -3.30. The van der Waals surface area contributed by atoms with Gasteiger partial charge < -0.3 is 16.8 Å². The van der Waals surface area contributed by atoms with Crippen LogP contribution in [0.5, 0.6) is 0 Å². The third kappa shape index (κ3) is 3.47. The second-order valence-electron chi connectivity index (χ2n) is 5.17. The molecule has 0 bridgehead atoms. The summed E-state index contributed by atoms with van der Waals surface area (Å²) in [6, 6.07) is 7.28. The third-order valence-corrected chi connectivity index (χ3v) is 3.34. The number of rotatable bonds is 3. The van der Waals surface area contributed by atoms with Crippen LogP contribution >= 0.6 is 0 Å². The molecule has 1 heterocycles. The van der Waals surface area contributed by atoms with Gasteiger partial charge in [-0.25, -0.2) is 9.49 Å². The number of nitrogens with zero attached hydrogens (tertiary/aromatic N) is 2. The maximum atomic E-state index is 14.5. The van der Waals surface area contributed by atoms with Crippen LogP contribution in [0.4, 0.5) is 40.8 Å². The lowest BCUT2D eigenvalue weighted by Gasteiger charge is -2.16. The van der Waals surface area contributed by atoms with Crippen molar-refractivity contribution < 1.29 is 17.6 Å². The monoisotopic (exact) mass is 352 g/mol. The molecule has 130 valence electrons. The number of hydrogen-bond acceptors (Lipinski definition) is 5. The summed E-state index contributed by atoms with van der Waals surface area (Å²) in [4.78, 5) is 3.70. The van der Waals surface area contributed by atoms with Gasteiger partial charge in [-0.15, -0.1) is 5.10 Å². The molecule has 0 fully saturated rings. The maximum Gasteiger partial charge on any atom is 0.417 e. The summed E-state index contributed by atoms with van der Waals surface area (Å²) in [6.07, 6.45) is -4.78. The Labute approximate surface area is 138 Å². The molecule has 0 atom stereocenters. The Balaban J connectivity index is 2.12. The zero-order chi connectivity index (χ0) is 18.2. The first-order valence-electron chi connectivity index (χ1n) is 6.95. The first-order valence-corrected chi connectivity index (χ1v) is 6.95. The van der Waals surface area contributed by atoms with Crippen LogP contribution in [0.25, 0.3) is 11.1 Å². The number of benzene rings is 2. The molecule has 0 amide bonds. The van der Waals surface area contributed by atoms with E-state index in [1.807, 2.05) is 0 Å². The number of nitrogens with one attached hydrogen (secondary N) is 2. The zero-order valence-electron chi connectivity index (χ0n) is 12.5. The molecule has 0 saturated heterocycles. The molecule has 0 aliphatic rings. The van der Waals surface area contributed by atoms with E-state index in [2.05, 4.69) is 20.5 Å². The molecule has 3 rings (SSSR count). The van der Waals surface area contributed by atoms with Crippen molar-refractivity contribution in [1.82, 2.24) is 15.2 Å². The van der Waals surface area contributed by atoms with Crippen molar-refractivity contribution in [2.45, 2.75) is 6.18 Å². The summed E-state index contributed by atoms with van der Waals surface area (Å²) in [5.41, 5.74) is 9.28. The van der Waals surface area contributed by atoms with Crippen LogP contribution in [0, 0.1) is 5.82 Å². The fourth-order valence-electron chi connectivity index (χ4n) is 2.36. The van der Waals surface area contributed by atoms with Gasteiger partial charge in [0.1, 0.15) is 5.82 Å². The van der Waals surface area contributed by atoms with Crippen LogP contribution in [-0.4, -0.2) is 15.2 Å². The van der Waals surface area contributed by atoms with Crippen molar-refractivity contribution >= 4 is 23.3 Å². The third-order valence-electron chi connectivity index (χ3n) is 3.34. The molecule has 0 radical (unpaired) electrons. The summed E-state index contributed by atoms with van der Waals surface area (Å²) in [5.74, 6) is -1.17. The molecular formula is C15H12F4N6. The first kappa shape index (κ1) is 16.6. The molecule has 1 aromatic heterocycles. The van der Waals surface area contributed by atoms with Gasteiger partial charge in [0, 0.05) is 16.9 Å². The van der Waals surface area contributed by atoms with Gasteiger partial charge in [0.15, 0.2) is 0 Å². The Bertz CT molecular complexity index is 919. The molecule has 0 aliphatic heterocycles.